The van der Waals surface area contributed by atoms with E-state index in [1.807, 2.05) is 12.3 Å². The first-order chi connectivity index (χ1) is 5.72. The molecule has 0 aromatic carbocycles. The molecule has 0 aliphatic heterocycles. The fourth-order valence-corrected chi connectivity index (χ4v) is 1.58. The van der Waals surface area contributed by atoms with Gasteiger partial charge in [0.25, 0.3) is 0 Å². The van der Waals surface area contributed by atoms with Gasteiger partial charge in [-0.05, 0) is 6.92 Å². The van der Waals surface area contributed by atoms with Gasteiger partial charge in [-0.25, -0.2) is 4.98 Å². The second-order valence-electron chi connectivity index (χ2n) is 2.32. The number of amides is 1. The zero-order chi connectivity index (χ0) is 8.97. The van der Waals surface area contributed by atoms with Gasteiger partial charge in [0.2, 0.25) is 5.91 Å². The Morgan fingerprint density at radius 3 is 3.17 bits per heavy atom. The van der Waals surface area contributed by atoms with E-state index in [4.69, 9.17) is 5.73 Å². The van der Waals surface area contributed by atoms with E-state index < -0.39 is 0 Å². The lowest BCUT2D eigenvalue weighted by molar-refractivity contribution is -0.117. The van der Waals surface area contributed by atoms with Crippen LogP contribution in [-0.2, 0) is 11.2 Å². The van der Waals surface area contributed by atoms with E-state index in [0.29, 0.717) is 0 Å². The van der Waals surface area contributed by atoms with E-state index in [1.54, 1.807) is 0 Å². The molecule has 0 fully saturated rings. The first-order valence-corrected chi connectivity index (χ1v) is 4.57. The molecule has 0 unspecified atom stereocenters. The Labute approximate surface area is 74.8 Å². The number of thiazole rings is 1. The fourth-order valence-electron chi connectivity index (χ4n) is 0.799. The Balaban J connectivity index is 2.58. The van der Waals surface area contributed by atoms with E-state index in [2.05, 4.69) is 10.3 Å². The van der Waals surface area contributed by atoms with Gasteiger partial charge in [-0.3, -0.25) is 4.79 Å². The Morgan fingerprint density at radius 2 is 2.58 bits per heavy atom. The number of carbonyl (C=O) groups excluding carboxylic acids is 1. The highest BCUT2D eigenvalue weighted by Gasteiger charge is 2.03. The van der Waals surface area contributed by atoms with Crippen LogP contribution in [0.15, 0.2) is 5.38 Å². The number of hydrogen-bond acceptors (Lipinski definition) is 4. The van der Waals surface area contributed by atoms with Gasteiger partial charge < -0.3 is 11.1 Å². The number of hydrogen-bond donors (Lipinski definition) is 2. The van der Waals surface area contributed by atoms with Crippen LogP contribution < -0.4 is 11.1 Å². The number of nitrogens with two attached hydrogens (primary N) is 1. The molecule has 66 valence electrons. The molecule has 1 amide bonds. The maximum atomic E-state index is 10.5. The van der Waals surface area contributed by atoms with Gasteiger partial charge in [0.05, 0.1) is 12.1 Å². The molecule has 0 radical (unpaired) electrons. The van der Waals surface area contributed by atoms with Crippen LogP contribution in [-0.4, -0.2) is 17.4 Å². The molecule has 3 N–H and O–H groups in total. The van der Waals surface area contributed by atoms with Gasteiger partial charge in [0.1, 0.15) is 0 Å². The topological polar surface area (TPSA) is 68.0 Å². The van der Waals surface area contributed by atoms with Gasteiger partial charge >= 0.3 is 0 Å². The second kappa shape index (κ2) is 4.06. The van der Waals surface area contributed by atoms with E-state index in [-0.39, 0.29) is 12.3 Å². The predicted octanol–water partition coefficient (Wildman–Crippen LogP) is 0.603. The Morgan fingerprint density at radius 1 is 1.83 bits per heavy atom. The van der Waals surface area contributed by atoms with E-state index in [1.165, 1.54) is 11.3 Å². The lowest BCUT2D eigenvalue weighted by atomic mass is 10.3. The van der Waals surface area contributed by atoms with Crippen LogP contribution in [0.3, 0.4) is 0 Å². The summed E-state index contributed by atoms with van der Waals surface area (Å²) in [6.45, 7) is 2.83. The van der Waals surface area contributed by atoms with Crippen LogP contribution in [0, 0.1) is 0 Å². The third-order valence-electron chi connectivity index (χ3n) is 1.24. The van der Waals surface area contributed by atoms with Crippen molar-refractivity contribution in [3.05, 3.63) is 11.1 Å². The third-order valence-corrected chi connectivity index (χ3v) is 2.08. The molecule has 12 heavy (non-hydrogen) atoms. The van der Waals surface area contributed by atoms with Crippen LogP contribution in [0.4, 0.5) is 5.13 Å². The van der Waals surface area contributed by atoms with Crippen LogP contribution in [0.5, 0.6) is 0 Å². The highest BCUT2D eigenvalue weighted by molar-refractivity contribution is 7.13. The number of primary amides is 1. The van der Waals surface area contributed by atoms with Crippen molar-refractivity contribution in [1.29, 1.82) is 0 Å². The first kappa shape index (κ1) is 8.99. The van der Waals surface area contributed by atoms with Crippen molar-refractivity contribution in [3.8, 4) is 0 Å². The number of nitrogens with zero attached hydrogens (tertiary/aromatic N) is 1. The summed E-state index contributed by atoms with van der Waals surface area (Å²) in [7, 11) is 0. The molecule has 0 bridgehead atoms. The molecule has 1 rings (SSSR count). The van der Waals surface area contributed by atoms with Crippen LogP contribution in [0.1, 0.15) is 12.6 Å². The number of aromatic nitrogens is 1. The minimum absolute atomic E-state index is 0.224. The number of nitrogens with one attached hydrogen (secondary N) is 1. The average molecular weight is 185 g/mol. The quantitative estimate of drug-likeness (QED) is 0.722. The van der Waals surface area contributed by atoms with E-state index in [0.717, 1.165) is 17.4 Å². The molecule has 0 aliphatic carbocycles. The van der Waals surface area contributed by atoms with Gasteiger partial charge in [-0.2, -0.15) is 0 Å². The normalized spacial score (nSPS) is 9.75. The van der Waals surface area contributed by atoms with Crippen molar-refractivity contribution in [2.45, 2.75) is 13.3 Å². The number of carbonyl (C=O) groups is 1. The highest BCUT2D eigenvalue weighted by Crippen LogP contribution is 2.14. The fraction of sp³-hybridized carbons (Fsp3) is 0.429. The first-order valence-electron chi connectivity index (χ1n) is 3.69. The summed E-state index contributed by atoms with van der Waals surface area (Å²) >= 11 is 1.49. The van der Waals surface area contributed by atoms with Crippen molar-refractivity contribution in [1.82, 2.24) is 4.98 Å². The summed E-state index contributed by atoms with van der Waals surface area (Å²) in [5, 5.41) is 5.73. The van der Waals surface area contributed by atoms with Gasteiger partial charge in [-0.15, -0.1) is 11.3 Å². The summed E-state index contributed by atoms with van der Waals surface area (Å²) in [5.74, 6) is -0.344. The molecule has 0 aliphatic rings. The summed E-state index contributed by atoms with van der Waals surface area (Å²) in [6.07, 6.45) is 0.224. The van der Waals surface area contributed by atoms with Crippen molar-refractivity contribution >= 4 is 22.4 Å². The molecule has 1 aromatic rings. The van der Waals surface area contributed by atoms with Crippen molar-refractivity contribution in [2.75, 3.05) is 11.9 Å². The standard InChI is InChI=1S/C7H11N3OS/c1-2-9-7-10-5(4-12-7)3-6(8)11/h4H,2-3H2,1H3,(H2,8,11)(H,9,10). The lowest BCUT2D eigenvalue weighted by Gasteiger charge is -1.93. The molecular weight excluding hydrogens is 174 g/mol. The van der Waals surface area contributed by atoms with Gasteiger partial charge in [0, 0.05) is 11.9 Å². The van der Waals surface area contributed by atoms with Crippen LogP contribution in [0.25, 0.3) is 0 Å². The summed E-state index contributed by atoms with van der Waals surface area (Å²) < 4.78 is 0. The molecule has 0 saturated heterocycles. The molecular formula is C7H11N3OS. The molecule has 5 heteroatoms. The minimum Gasteiger partial charge on any atom is -0.369 e. The number of rotatable bonds is 4. The van der Waals surface area contributed by atoms with E-state index in [9.17, 15) is 4.79 Å². The predicted molar refractivity (Wildman–Crippen MR) is 49.2 cm³/mol. The monoisotopic (exact) mass is 185 g/mol. The van der Waals surface area contributed by atoms with E-state index >= 15 is 0 Å². The van der Waals surface area contributed by atoms with Crippen LogP contribution in [0.2, 0.25) is 0 Å². The second-order valence-corrected chi connectivity index (χ2v) is 3.18. The maximum absolute atomic E-state index is 10.5. The van der Waals surface area contributed by atoms with Gasteiger partial charge in [0.15, 0.2) is 5.13 Å². The lowest BCUT2D eigenvalue weighted by Crippen LogP contribution is -2.13. The summed E-state index contributed by atoms with van der Waals surface area (Å²) in [4.78, 5) is 14.6. The van der Waals surface area contributed by atoms with Crippen LogP contribution >= 0.6 is 11.3 Å². The average Bonchev–Trinajstić information content (AvgIpc) is 2.36. The highest BCUT2D eigenvalue weighted by atomic mass is 32.1. The van der Waals surface area contributed by atoms with Crippen molar-refractivity contribution in [3.63, 3.8) is 0 Å². The molecule has 1 heterocycles. The molecule has 0 spiro atoms. The SMILES string of the molecule is CCNc1nc(CC(N)=O)cs1. The Hall–Kier alpha value is -1.10. The Bertz CT molecular complexity index is 271. The molecule has 0 saturated carbocycles. The molecule has 4 nitrogen and oxygen atoms in total. The molecule has 1 aromatic heterocycles. The zero-order valence-electron chi connectivity index (χ0n) is 6.83. The summed E-state index contributed by atoms with van der Waals surface area (Å²) in [5.41, 5.74) is 5.75. The zero-order valence-corrected chi connectivity index (χ0v) is 7.65. The summed E-state index contributed by atoms with van der Waals surface area (Å²) in [6, 6.07) is 0. The Kier molecular flexibility index (Phi) is 3.04. The van der Waals surface area contributed by atoms with Crippen molar-refractivity contribution in [2.24, 2.45) is 5.73 Å². The van der Waals surface area contributed by atoms with Gasteiger partial charge in [-0.1, -0.05) is 0 Å². The smallest absolute Gasteiger partial charge is 0.223 e. The maximum Gasteiger partial charge on any atom is 0.223 e. The minimum atomic E-state index is -0.344. The third kappa shape index (κ3) is 2.50. The largest absolute Gasteiger partial charge is 0.369 e. The molecule has 0 atom stereocenters. The van der Waals surface area contributed by atoms with Crippen molar-refractivity contribution < 1.29 is 4.79 Å². The number of anilines is 1.